The van der Waals surface area contributed by atoms with Crippen LogP contribution in [0.4, 0.5) is 11.4 Å². The van der Waals surface area contributed by atoms with E-state index < -0.39 is 0 Å². The number of ether oxygens (including phenoxy) is 2. The van der Waals surface area contributed by atoms with Crippen molar-refractivity contribution in [3.05, 3.63) is 145 Å². The topological polar surface area (TPSA) is 21.7 Å². The van der Waals surface area contributed by atoms with Gasteiger partial charge in [-0.25, -0.2) is 0 Å². The van der Waals surface area contributed by atoms with Gasteiger partial charge in [-0.05, 0) is 89.1 Å². The van der Waals surface area contributed by atoms with Gasteiger partial charge in [-0.3, -0.25) is 0 Å². The van der Waals surface area contributed by atoms with E-state index in [0.717, 1.165) is 67.1 Å². The van der Waals surface area contributed by atoms with Gasteiger partial charge in [0.05, 0.1) is 11.4 Å². The maximum absolute atomic E-state index is 6.53. The summed E-state index contributed by atoms with van der Waals surface area (Å²) in [6.45, 7) is 10.4. The number of benzene rings is 5. The summed E-state index contributed by atoms with van der Waals surface area (Å²) in [5.74, 6) is 3.48. The summed E-state index contributed by atoms with van der Waals surface area (Å²) in [7, 11) is 0. The molecule has 3 nitrogen and oxygen atoms in total. The number of nitrogens with zero attached hydrogens (tertiary/aromatic N) is 1. The van der Waals surface area contributed by atoms with Crippen molar-refractivity contribution in [3.8, 4) is 34.1 Å². The molecular formula is C37H26BNO2S. The van der Waals surface area contributed by atoms with Gasteiger partial charge in [-0.1, -0.05) is 85.6 Å². The fraction of sp³-hybridized carbons (Fsp3) is 0.0270. The minimum atomic E-state index is 0.0719. The normalized spacial score (nSPS) is 14.1. The SMILES string of the molecule is C=CC1=C(C=C)N(c2ccc(-c3cc4c5c(c3)Oc3ccccc3B5c3ccccc3O4)c(C)c2)c2ccccc2S1. The van der Waals surface area contributed by atoms with E-state index >= 15 is 0 Å². The fourth-order valence-corrected chi connectivity index (χ4v) is 7.43. The third-order valence-electron chi connectivity index (χ3n) is 8.27. The monoisotopic (exact) mass is 559 g/mol. The van der Waals surface area contributed by atoms with Crippen LogP contribution in [0.5, 0.6) is 23.0 Å². The predicted molar refractivity (Wildman–Crippen MR) is 176 cm³/mol. The van der Waals surface area contributed by atoms with Gasteiger partial charge < -0.3 is 14.4 Å². The minimum Gasteiger partial charge on any atom is -0.458 e. The average Bonchev–Trinajstić information content (AvgIpc) is 3.03. The first-order chi connectivity index (χ1) is 20.6. The largest absolute Gasteiger partial charge is 0.458 e. The molecule has 0 unspecified atom stereocenters. The van der Waals surface area contributed by atoms with Crippen LogP contribution >= 0.6 is 11.8 Å². The van der Waals surface area contributed by atoms with Crippen LogP contribution in [-0.4, -0.2) is 6.71 Å². The van der Waals surface area contributed by atoms with Crippen molar-refractivity contribution in [2.45, 2.75) is 11.8 Å². The summed E-state index contributed by atoms with van der Waals surface area (Å²) >= 11 is 1.73. The number of fused-ring (bicyclic) bond motifs is 5. The Labute approximate surface area is 250 Å². The molecule has 0 N–H and O–H groups in total. The standard InChI is InChI=1S/C37H26BNO2S/c1-4-29-35(5-2)42-36-17-11-8-14-30(36)39(29)25-18-19-26(23(3)20-25)24-21-33-37-34(22-24)41-32-16-10-7-13-28(32)38(37)27-12-6-9-15-31(27)40-33/h4-22H,1-2H2,3H3. The molecule has 0 aliphatic carbocycles. The summed E-state index contributed by atoms with van der Waals surface area (Å²) in [4.78, 5) is 4.55. The van der Waals surface area contributed by atoms with Crippen molar-refractivity contribution in [2.24, 2.45) is 0 Å². The third kappa shape index (κ3) is 3.70. The Morgan fingerprint density at radius 1 is 0.714 bits per heavy atom. The van der Waals surface area contributed by atoms with Crippen molar-refractivity contribution in [1.82, 2.24) is 0 Å². The molecule has 3 aliphatic heterocycles. The van der Waals surface area contributed by atoms with Crippen molar-refractivity contribution in [2.75, 3.05) is 4.90 Å². The molecule has 0 saturated carbocycles. The highest BCUT2D eigenvalue weighted by atomic mass is 32.2. The van der Waals surface area contributed by atoms with Gasteiger partial charge in [-0.15, -0.1) is 0 Å². The second-order valence-corrected chi connectivity index (χ2v) is 11.7. The van der Waals surface area contributed by atoms with Crippen LogP contribution in [0.25, 0.3) is 11.1 Å². The first-order valence-electron chi connectivity index (χ1n) is 14.0. The molecule has 5 heteroatoms. The Morgan fingerprint density at radius 2 is 1.36 bits per heavy atom. The molecule has 200 valence electrons. The van der Waals surface area contributed by atoms with Gasteiger partial charge in [0, 0.05) is 21.0 Å². The van der Waals surface area contributed by atoms with Crippen LogP contribution in [0.1, 0.15) is 5.56 Å². The van der Waals surface area contributed by atoms with Crippen molar-refractivity contribution in [1.29, 1.82) is 0 Å². The highest BCUT2D eigenvalue weighted by Crippen LogP contribution is 2.48. The summed E-state index contributed by atoms with van der Waals surface area (Å²) < 4.78 is 13.1. The third-order valence-corrected chi connectivity index (χ3v) is 9.43. The Hall–Kier alpha value is -4.87. The molecule has 3 aliphatic rings. The first-order valence-corrected chi connectivity index (χ1v) is 14.8. The van der Waals surface area contributed by atoms with E-state index in [1.807, 2.05) is 24.3 Å². The summed E-state index contributed by atoms with van der Waals surface area (Å²) in [5, 5.41) is 0. The summed E-state index contributed by atoms with van der Waals surface area (Å²) in [5.41, 5.74) is 10.0. The van der Waals surface area contributed by atoms with Crippen LogP contribution in [0.2, 0.25) is 0 Å². The predicted octanol–water partition coefficient (Wildman–Crippen LogP) is 8.22. The van der Waals surface area contributed by atoms with Gasteiger partial charge in [0.15, 0.2) is 0 Å². The Balaban J connectivity index is 1.26. The van der Waals surface area contributed by atoms with E-state index in [1.54, 1.807) is 11.8 Å². The van der Waals surface area contributed by atoms with Crippen LogP contribution in [0.3, 0.4) is 0 Å². The van der Waals surface area contributed by atoms with Gasteiger partial charge in [0.25, 0.3) is 6.71 Å². The second-order valence-electron chi connectivity index (χ2n) is 10.7. The van der Waals surface area contributed by atoms with E-state index in [-0.39, 0.29) is 6.71 Å². The molecule has 0 aromatic heterocycles. The number of rotatable bonds is 4. The Kier molecular flexibility index (Phi) is 5.69. The van der Waals surface area contributed by atoms with Crippen molar-refractivity contribution < 1.29 is 9.47 Å². The second kappa shape index (κ2) is 9.61. The van der Waals surface area contributed by atoms with Crippen LogP contribution in [-0.2, 0) is 0 Å². The molecule has 0 amide bonds. The molecule has 0 spiro atoms. The summed E-state index contributed by atoms with van der Waals surface area (Å²) in [6, 6.07) is 36.1. The lowest BCUT2D eigenvalue weighted by Crippen LogP contribution is -2.57. The molecule has 0 fully saturated rings. The van der Waals surface area contributed by atoms with E-state index in [2.05, 4.69) is 116 Å². The molecule has 3 heterocycles. The molecule has 5 aromatic carbocycles. The van der Waals surface area contributed by atoms with Crippen molar-refractivity contribution >= 4 is 46.2 Å². The van der Waals surface area contributed by atoms with Crippen LogP contribution in [0, 0.1) is 6.92 Å². The Morgan fingerprint density at radius 3 is 2.00 bits per heavy atom. The van der Waals surface area contributed by atoms with Gasteiger partial charge >= 0.3 is 0 Å². The van der Waals surface area contributed by atoms with E-state index in [4.69, 9.17) is 9.47 Å². The minimum absolute atomic E-state index is 0.0719. The van der Waals surface area contributed by atoms with Gasteiger partial charge in [0.2, 0.25) is 0 Å². The molecule has 0 radical (unpaired) electrons. The molecule has 8 rings (SSSR count). The lowest BCUT2D eigenvalue weighted by molar-refractivity contribution is 0.465. The maximum Gasteiger partial charge on any atom is 0.260 e. The molecular weight excluding hydrogens is 533 g/mol. The number of hydrogen-bond donors (Lipinski definition) is 0. The fourth-order valence-electron chi connectivity index (χ4n) is 6.42. The number of para-hydroxylation sites is 3. The average molecular weight is 559 g/mol. The molecule has 0 atom stereocenters. The Bertz CT molecular complexity index is 1920. The van der Waals surface area contributed by atoms with E-state index in [9.17, 15) is 0 Å². The highest BCUT2D eigenvalue weighted by molar-refractivity contribution is 8.03. The quantitative estimate of drug-likeness (QED) is 0.203. The zero-order chi connectivity index (χ0) is 28.4. The van der Waals surface area contributed by atoms with E-state index in [0.29, 0.717) is 0 Å². The highest BCUT2D eigenvalue weighted by Gasteiger charge is 2.40. The smallest absolute Gasteiger partial charge is 0.260 e. The number of aryl methyl sites for hydroxylation is 1. The van der Waals surface area contributed by atoms with Crippen molar-refractivity contribution in [3.63, 3.8) is 0 Å². The zero-order valence-corrected chi connectivity index (χ0v) is 23.9. The first kappa shape index (κ1) is 24.9. The maximum atomic E-state index is 6.53. The van der Waals surface area contributed by atoms with Crippen LogP contribution < -0.4 is 30.8 Å². The van der Waals surface area contributed by atoms with Gasteiger partial charge in [0.1, 0.15) is 23.0 Å². The lowest BCUT2D eigenvalue weighted by atomic mass is 9.35. The van der Waals surface area contributed by atoms with Crippen LogP contribution in [0.15, 0.2) is 144 Å². The number of hydrogen-bond acceptors (Lipinski definition) is 4. The number of thioether (sulfide) groups is 1. The molecule has 0 saturated heterocycles. The molecule has 5 aromatic rings. The number of anilines is 2. The van der Waals surface area contributed by atoms with E-state index in [1.165, 1.54) is 15.8 Å². The summed E-state index contributed by atoms with van der Waals surface area (Å²) in [6.07, 6.45) is 3.83. The number of allylic oxidation sites excluding steroid dienone is 2. The van der Waals surface area contributed by atoms with Gasteiger partial charge in [-0.2, -0.15) is 0 Å². The zero-order valence-electron chi connectivity index (χ0n) is 23.1. The molecule has 42 heavy (non-hydrogen) atoms. The molecule has 0 bridgehead atoms. The lowest BCUT2D eigenvalue weighted by Gasteiger charge is -2.34.